The van der Waals surface area contributed by atoms with Gasteiger partial charge in [-0.1, -0.05) is 5.16 Å². The highest BCUT2D eigenvalue weighted by atomic mass is 16.5. The fourth-order valence-electron chi connectivity index (χ4n) is 1.63. The van der Waals surface area contributed by atoms with Crippen molar-refractivity contribution in [2.45, 2.75) is 25.4 Å². The number of hydrogen-bond acceptors (Lipinski definition) is 4. The summed E-state index contributed by atoms with van der Waals surface area (Å²) in [5.74, 6) is -1.19. The summed E-state index contributed by atoms with van der Waals surface area (Å²) in [4.78, 5) is 10.7. The zero-order valence-corrected chi connectivity index (χ0v) is 7.60. The first-order chi connectivity index (χ1) is 6.79. The molecule has 2 heterocycles. The maximum Gasteiger partial charge on any atom is 0.375 e. The molecule has 14 heavy (non-hydrogen) atoms. The van der Waals surface area contributed by atoms with Crippen LogP contribution in [-0.4, -0.2) is 22.8 Å². The molecule has 0 amide bonds. The summed E-state index contributed by atoms with van der Waals surface area (Å²) in [5, 5.41) is 12.3. The van der Waals surface area contributed by atoms with Crippen LogP contribution in [0, 0.1) is 0 Å². The Hall–Kier alpha value is -1.36. The predicted molar refractivity (Wildman–Crippen MR) is 46.0 cm³/mol. The van der Waals surface area contributed by atoms with E-state index in [0.717, 1.165) is 19.3 Å². The van der Waals surface area contributed by atoms with Gasteiger partial charge in [0.05, 0.1) is 17.9 Å². The molecule has 0 aromatic carbocycles. The molecular weight excluding hydrogens is 186 g/mol. The highest BCUT2D eigenvalue weighted by Crippen LogP contribution is 2.29. The van der Waals surface area contributed by atoms with Crippen LogP contribution in [0.25, 0.3) is 0 Å². The lowest BCUT2D eigenvalue weighted by Gasteiger charge is -2.21. The van der Waals surface area contributed by atoms with Gasteiger partial charge < -0.3 is 14.4 Å². The molecule has 1 fully saturated rings. The molecule has 5 nitrogen and oxygen atoms in total. The van der Waals surface area contributed by atoms with Gasteiger partial charge in [-0.3, -0.25) is 0 Å². The Morgan fingerprint density at radius 2 is 2.43 bits per heavy atom. The molecule has 0 aliphatic carbocycles. The number of carboxylic acids is 1. The van der Waals surface area contributed by atoms with Crippen molar-refractivity contribution < 1.29 is 19.2 Å². The average molecular weight is 197 g/mol. The molecule has 2 rings (SSSR count). The number of hydrogen-bond donors (Lipinski definition) is 1. The van der Waals surface area contributed by atoms with Crippen molar-refractivity contribution in [1.29, 1.82) is 0 Å². The molecule has 1 saturated heterocycles. The Bertz CT molecular complexity index is 327. The van der Waals surface area contributed by atoms with Gasteiger partial charge in [0, 0.05) is 6.61 Å². The molecule has 0 spiro atoms. The Kier molecular flexibility index (Phi) is 2.49. The summed E-state index contributed by atoms with van der Waals surface area (Å²) in [7, 11) is 0. The SMILES string of the molecule is O=C(O)c1oncc1C1CCCCO1. The zero-order chi connectivity index (χ0) is 9.97. The molecule has 0 bridgehead atoms. The zero-order valence-electron chi connectivity index (χ0n) is 7.60. The van der Waals surface area contributed by atoms with E-state index in [2.05, 4.69) is 9.68 Å². The molecule has 1 aromatic rings. The molecule has 1 atom stereocenters. The largest absolute Gasteiger partial charge is 0.475 e. The number of aromatic nitrogens is 1. The van der Waals surface area contributed by atoms with Crippen LogP contribution in [0.5, 0.6) is 0 Å². The van der Waals surface area contributed by atoms with Crippen LogP contribution < -0.4 is 0 Å². The number of carboxylic acid groups (broad SMARTS) is 1. The van der Waals surface area contributed by atoms with Crippen molar-refractivity contribution in [1.82, 2.24) is 5.16 Å². The summed E-state index contributed by atoms with van der Waals surface area (Å²) in [6.45, 7) is 0.676. The fourth-order valence-corrected chi connectivity index (χ4v) is 1.63. The number of aromatic carboxylic acids is 1. The van der Waals surface area contributed by atoms with E-state index in [4.69, 9.17) is 9.84 Å². The van der Waals surface area contributed by atoms with E-state index >= 15 is 0 Å². The first kappa shape index (κ1) is 9.21. The summed E-state index contributed by atoms with van der Waals surface area (Å²) in [6, 6.07) is 0. The lowest BCUT2D eigenvalue weighted by Crippen LogP contribution is -2.13. The molecular formula is C9H11NO4. The highest BCUT2D eigenvalue weighted by Gasteiger charge is 2.25. The summed E-state index contributed by atoms with van der Waals surface area (Å²) >= 11 is 0. The smallest absolute Gasteiger partial charge is 0.375 e. The molecule has 1 N–H and O–H groups in total. The van der Waals surface area contributed by atoms with Crippen molar-refractivity contribution in [3.05, 3.63) is 17.5 Å². The monoisotopic (exact) mass is 197 g/mol. The maximum atomic E-state index is 10.7. The minimum absolute atomic E-state index is 0.100. The molecule has 1 aliphatic heterocycles. The molecule has 0 saturated carbocycles. The first-order valence-corrected chi connectivity index (χ1v) is 4.58. The molecule has 1 unspecified atom stereocenters. The molecule has 5 heteroatoms. The second-order valence-corrected chi connectivity index (χ2v) is 3.27. The predicted octanol–water partition coefficient (Wildman–Crippen LogP) is 1.61. The number of ether oxygens (including phenoxy) is 1. The Labute approximate surface area is 80.6 Å². The van der Waals surface area contributed by atoms with Crippen LogP contribution in [-0.2, 0) is 4.74 Å². The summed E-state index contributed by atoms with van der Waals surface area (Å²) in [5.41, 5.74) is 0.553. The third-order valence-corrected chi connectivity index (χ3v) is 2.32. The van der Waals surface area contributed by atoms with E-state index in [1.54, 1.807) is 0 Å². The van der Waals surface area contributed by atoms with Crippen LogP contribution >= 0.6 is 0 Å². The van der Waals surface area contributed by atoms with Crippen LogP contribution in [0.2, 0.25) is 0 Å². The van der Waals surface area contributed by atoms with Gasteiger partial charge in [0.1, 0.15) is 0 Å². The van der Waals surface area contributed by atoms with Gasteiger partial charge in [-0.05, 0) is 19.3 Å². The number of nitrogens with zero attached hydrogens (tertiary/aromatic N) is 1. The third-order valence-electron chi connectivity index (χ3n) is 2.32. The van der Waals surface area contributed by atoms with E-state index in [9.17, 15) is 4.79 Å². The average Bonchev–Trinajstić information content (AvgIpc) is 2.67. The number of carbonyl (C=O) groups is 1. The van der Waals surface area contributed by atoms with Crippen molar-refractivity contribution in [2.75, 3.05) is 6.61 Å². The van der Waals surface area contributed by atoms with E-state index in [1.165, 1.54) is 6.20 Å². The Morgan fingerprint density at radius 3 is 3.07 bits per heavy atom. The van der Waals surface area contributed by atoms with E-state index < -0.39 is 5.97 Å². The van der Waals surface area contributed by atoms with Crippen molar-refractivity contribution in [3.8, 4) is 0 Å². The second kappa shape index (κ2) is 3.79. The topological polar surface area (TPSA) is 72.6 Å². The molecule has 0 radical (unpaired) electrons. The Morgan fingerprint density at radius 1 is 1.57 bits per heavy atom. The van der Waals surface area contributed by atoms with Gasteiger partial charge >= 0.3 is 5.97 Å². The van der Waals surface area contributed by atoms with Gasteiger partial charge in [-0.25, -0.2) is 4.79 Å². The summed E-state index contributed by atoms with van der Waals surface area (Å²) < 4.78 is 10.1. The summed E-state index contributed by atoms with van der Waals surface area (Å²) in [6.07, 6.45) is 4.18. The van der Waals surface area contributed by atoms with Crippen LogP contribution in [0.3, 0.4) is 0 Å². The van der Waals surface area contributed by atoms with E-state index in [1.807, 2.05) is 0 Å². The quantitative estimate of drug-likeness (QED) is 0.779. The fraction of sp³-hybridized carbons (Fsp3) is 0.556. The molecule has 1 aromatic heterocycles. The normalized spacial score (nSPS) is 22.1. The minimum Gasteiger partial charge on any atom is -0.475 e. The second-order valence-electron chi connectivity index (χ2n) is 3.27. The lowest BCUT2D eigenvalue weighted by atomic mass is 10.0. The number of rotatable bonds is 2. The maximum absolute atomic E-state index is 10.7. The van der Waals surface area contributed by atoms with Gasteiger partial charge in [-0.15, -0.1) is 0 Å². The van der Waals surface area contributed by atoms with Crippen LogP contribution in [0.1, 0.15) is 41.5 Å². The van der Waals surface area contributed by atoms with Crippen LogP contribution in [0.15, 0.2) is 10.7 Å². The van der Waals surface area contributed by atoms with Gasteiger partial charge in [0.2, 0.25) is 5.76 Å². The van der Waals surface area contributed by atoms with Crippen molar-refractivity contribution in [3.63, 3.8) is 0 Å². The van der Waals surface area contributed by atoms with Crippen LogP contribution in [0.4, 0.5) is 0 Å². The van der Waals surface area contributed by atoms with Gasteiger partial charge in [0.15, 0.2) is 0 Å². The van der Waals surface area contributed by atoms with E-state index in [0.29, 0.717) is 12.2 Å². The first-order valence-electron chi connectivity index (χ1n) is 4.58. The van der Waals surface area contributed by atoms with Crippen molar-refractivity contribution in [2.24, 2.45) is 0 Å². The third kappa shape index (κ3) is 1.63. The standard InChI is InChI=1S/C9H11NO4/c11-9(12)8-6(5-10-14-8)7-3-1-2-4-13-7/h5,7H,1-4H2,(H,11,12). The Balaban J connectivity index is 2.21. The molecule has 76 valence electrons. The van der Waals surface area contributed by atoms with Gasteiger partial charge in [0.25, 0.3) is 0 Å². The minimum atomic E-state index is -1.09. The van der Waals surface area contributed by atoms with Gasteiger partial charge in [-0.2, -0.15) is 0 Å². The van der Waals surface area contributed by atoms with E-state index in [-0.39, 0.29) is 11.9 Å². The lowest BCUT2D eigenvalue weighted by molar-refractivity contribution is 0.0131. The molecule has 1 aliphatic rings. The highest BCUT2D eigenvalue weighted by molar-refractivity contribution is 5.85. The van der Waals surface area contributed by atoms with Crippen molar-refractivity contribution >= 4 is 5.97 Å².